The Hall–Kier alpha value is 0.0194. The molecule has 1 aromatic carbocycles. The predicted molar refractivity (Wildman–Crippen MR) is 80.7 cm³/mol. The number of para-hydroxylation sites is 1. The Labute approximate surface area is 133 Å². The molecular weight excluding hydrogens is 437 g/mol. The van der Waals surface area contributed by atoms with E-state index in [9.17, 15) is 0 Å². The number of anilines is 1. The van der Waals surface area contributed by atoms with Gasteiger partial charge in [0.15, 0.2) is 0 Å². The summed E-state index contributed by atoms with van der Waals surface area (Å²) in [6.45, 7) is 2.21. The molecule has 0 bridgehead atoms. The van der Waals surface area contributed by atoms with Gasteiger partial charge in [0.2, 0.25) is 0 Å². The van der Waals surface area contributed by atoms with Crippen LogP contribution in [0, 0.1) is 20.9 Å². The summed E-state index contributed by atoms with van der Waals surface area (Å²) in [7, 11) is 2.04. The molecule has 1 aliphatic rings. The van der Waals surface area contributed by atoms with Gasteiger partial charge in [0.25, 0.3) is 0 Å². The van der Waals surface area contributed by atoms with Gasteiger partial charge in [-0.3, -0.25) is 0 Å². The van der Waals surface area contributed by atoms with Crippen LogP contribution in [-0.4, -0.2) is 20.3 Å². The van der Waals surface area contributed by atoms with Gasteiger partial charge in [-0.25, -0.2) is 4.67 Å². The van der Waals surface area contributed by atoms with Gasteiger partial charge >= 0.3 is 28.6 Å². The Bertz CT molecular complexity index is 361. The standard InChI is InChI=1S/C12H17NO2P.2CH3.Ir/c1-10-8-9-11-6-4-5-7-12(11)13(10)16(14-2)15-3;;;/h4-6,10H,8-9H2,1-3H3;2*1H3;/q3*-1;+3/p+1/t10-;;;/m1.../s1. The molecule has 0 amide bonds. The minimum absolute atomic E-state index is 0. The average Bonchev–Trinajstić information content (AvgIpc) is 2.33. The maximum absolute atomic E-state index is 5.45. The van der Waals surface area contributed by atoms with E-state index in [0.717, 1.165) is 18.5 Å². The number of benzene rings is 1. The van der Waals surface area contributed by atoms with E-state index in [1.54, 1.807) is 14.2 Å². The van der Waals surface area contributed by atoms with Crippen LogP contribution in [0.2, 0.25) is 0 Å². The predicted octanol–water partition coefficient (Wildman–Crippen LogP) is 3.78. The molecule has 0 saturated carbocycles. The second-order valence-corrected chi connectivity index (χ2v) is 5.81. The molecule has 1 aliphatic heterocycles. The van der Waals surface area contributed by atoms with Gasteiger partial charge < -0.3 is 14.9 Å². The van der Waals surface area contributed by atoms with Crippen molar-refractivity contribution in [3.63, 3.8) is 0 Å². The van der Waals surface area contributed by atoms with Crippen molar-refractivity contribution in [3.8, 4) is 0 Å². The van der Waals surface area contributed by atoms with Gasteiger partial charge in [-0.2, -0.15) is 33.3 Å². The van der Waals surface area contributed by atoms with E-state index in [1.165, 1.54) is 5.56 Å². The molecule has 0 spiro atoms. The first-order chi connectivity index (χ1) is 7.77. The first kappa shape index (κ1) is 21.3. The molecule has 110 valence electrons. The second kappa shape index (κ2) is 9.85. The van der Waals surface area contributed by atoms with Crippen molar-refractivity contribution < 1.29 is 29.2 Å². The molecule has 0 aromatic heterocycles. The molecular formula is C14H24IrNO2P+. The molecule has 1 heterocycles. The zero-order valence-electron chi connectivity index (χ0n) is 12.3. The van der Waals surface area contributed by atoms with Gasteiger partial charge in [0, 0.05) is 0 Å². The van der Waals surface area contributed by atoms with E-state index < -0.39 is 8.53 Å². The minimum atomic E-state index is -1.38. The molecule has 0 fully saturated rings. The Kier molecular flexibility index (Phi) is 11.1. The van der Waals surface area contributed by atoms with Crippen molar-refractivity contribution in [2.45, 2.75) is 25.8 Å². The number of rotatable bonds is 3. The Morgan fingerprint density at radius 3 is 2.53 bits per heavy atom. The number of aryl methyl sites for hydroxylation is 1. The third-order valence-electron chi connectivity index (χ3n) is 2.98. The van der Waals surface area contributed by atoms with Gasteiger partial charge in [-0.05, 0) is 19.0 Å². The van der Waals surface area contributed by atoms with Crippen molar-refractivity contribution in [1.29, 1.82) is 0 Å². The van der Waals surface area contributed by atoms with Crippen molar-refractivity contribution >= 4 is 14.2 Å². The summed E-state index contributed by atoms with van der Waals surface area (Å²) in [5.41, 5.74) is 2.50. The van der Waals surface area contributed by atoms with E-state index in [0.29, 0.717) is 6.04 Å². The summed E-state index contributed by atoms with van der Waals surface area (Å²) in [5.74, 6) is 0. The van der Waals surface area contributed by atoms with E-state index in [-0.39, 0.29) is 35.0 Å². The molecule has 19 heavy (non-hydrogen) atoms. The van der Waals surface area contributed by atoms with Gasteiger partial charge in [0.1, 0.15) is 0 Å². The molecule has 1 atom stereocenters. The fourth-order valence-corrected chi connectivity index (χ4v) is 3.59. The van der Waals surface area contributed by atoms with Crippen molar-refractivity contribution in [1.82, 2.24) is 0 Å². The van der Waals surface area contributed by atoms with Gasteiger partial charge in [-0.15, -0.1) is 5.56 Å². The Balaban J connectivity index is 0. The van der Waals surface area contributed by atoms with Crippen LogP contribution in [0.4, 0.5) is 5.69 Å². The Morgan fingerprint density at radius 1 is 1.32 bits per heavy atom. The first-order valence-corrected chi connectivity index (χ1v) is 6.78. The minimum Gasteiger partial charge on any atom is -0.358 e. The smallest absolute Gasteiger partial charge is 0.358 e. The maximum Gasteiger partial charge on any atom is 3.00 e. The van der Waals surface area contributed by atoms with Crippen molar-refractivity contribution in [2.75, 3.05) is 18.9 Å². The fraction of sp³-hybridized carbons (Fsp3) is 0.429. The van der Waals surface area contributed by atoms with Crippen molar-refractivity contribution in [3.05, 3.63) is 44.7 Å². The maximum atomic E-state index is 5.45. The molecule has 0 saturated heterocycles. The van der Waals surface area contributed by atoms with Crippen LogP contribution in [0.15, 0.2) is 18.2 Å². The van der Waals surface area contributed by atoms with Crippen molar-refractivity contribution in [2.24, 2.45) is 0 Å². The molecule has 0 radical (unpaired) electrons. The molecule has 1 aromatic rings. The van der Waals surface area contributed by atoms with Crippen LogP contribution in [0.1, 0.15) is 18.9 Å². The molecule has 2 rings (SSSR count). The van der Waals surface area contributed by atoms with Gasteiger partial charge in [0.05, 0.1) is 20.3 Å². The van der Waals surface area contributed by atoms with Crippen LogP contribution >= 0.6 is 8.53 Å². The first-order valence-electron chi connectivity index (χ1n) is 5.51. The summed E-state index contributed by atoms with van der Waals surface area (Å²) in [6, 6.07) is 9.92. The summed E-state index contributed by atoms with van der Waals surface area (Å²) >= 11 is 0. The number of fused-ring (bicyclic) bond motifs is 1. The Morgan fingerprint density at radius 2 is 1.95 bits per heavy atom. The van der Waals surface area contributed by atoms with E-state index in [4.69, 9.17) is 9.05 Å². The molecule has 0 aliphatic carbocycles. The van der Waals surface area contributed by atoms with Crippen LogP contribution in [0.3, 0.4) is 0 Å². The summed E-state index contributed by atoms with van der Waals surface area (Å²) in [5, 5.41) is 0. The summed E-state index contributed by atoms with van der Waals surface area (Å²) in [6.07, 6.45) is 2.26. The van der Waals surface area contributed by atoms with E-state index in [1.807, 2.05) is 12.1 Å². The third kappa shape index (κ3) is 4.51. The zero-order valence-corrected chi connectivity index (χ0v) is 15.7. The zero-order chi connectivity index (χ0) is 11.5. The molecule has 5 heteroatoms. The topological polar surface area (TPSA) is 21.7 Å². The quantitative estimate of drug-likeness (QED) is 0.505. The van der Waals surface area contributed by atoms with Crippen LogP contribution in [-0.2, 0) is 35.6 Å². The van der Waals surface area contributed by atoms with Crippen LogP contribution < -0.4 is 4.67 Å². The molecule has 0 N–H and O–H groups in total. The van der Waals surface area contributed by atoms with E-state index in [2.05, 4.69) is 23.7 Å². The normalized spacial score (nSPS) is 16.8. The fourth-order valence-electron chi connectivity index (χ4n) is 2.15. The monoisotopic (exact) mass is 462 g/mol. The van der Waals surface area contributed by atoms with E-state index >= 15 is 0 Å². The van der Waals surface area contributed by atoms with Crippen LogP contribution in [0.5, 0.6) is 0 Å². The van der Waals surface area contributed by atoms with Crippen LogP contribution in [0.25, 0.3) is 0 Å². The number of hydrogen-bond donors (Lipinski definition) is 0. The van der Waals surface area contributed by atoms with Gasteiger partial charge in [-0.1, -0.05) is 6.42 Å². The average molecular weight is 462 g/mol. The number of hydrogen-bond acceptors (Lipinski definition) is 3. The summed E-state index contributed by atoms with van der Waals surface area (Å²) in [4.78, 5) is 0. The largest absolute Gasteiger partial charge is 3.00 e. The third-order valence-corrected chi connectivity index (χ3v) is 4.73. The molecule has 3 nitrogen and oxygen atoms in total. The summed E-state index contributed by atoms with van der Waals surface area (Å²) < 4.78 is 13.2. The molecule has 0 unspecified atom stereocenters. The SMILES string of the molecule is CO[PH+](OC)N1c2[c-]cccc2CC[C@H]1C.[CH3-].[CH3-].[Ir+3]. The number of nitrogens with zero attached hydrogens (tertiary/aromatic N) is 1. The second-order valence-electron chi connectivity index (χ2n) is 3.98.